The van der Waals surface area contributed by atoms with Gasteiger partial charge in [0.15, 0.2) is 0 Å². The molecule has 0 heterocycles. The van der Waals surface area contributed by atoms with Gasteiger partial charge in [0.25, 0.3) is 0 Å². The first kappa shape index (κ1) is 9.90. The van der Waals surface area contributed by atoms with Crippen LogP contribution in [0.3, 0.4) is 0 Å². The predicted octanol–water partition coefficient (Wildman–Crippen LogP) is 2.47. The lowest BCUT2D eigenvalue weighted by Crippen LogP contribution is -1.91. The Morgan fingerprint density at radius 3 is 2.00 bits per heavy atom. The quantitative estimate of drug-likeness (QED) is 0.707. The molecule has 0 spiro atoms. The number of methoxy groups -OCH3 is 2. The van der Waals surface area contributed by atoms with E-state index in [1.54, 1.807) is 14.2 Å². The molecular formula is C11H15O2. The highest BCUT2D eigenvalue weighted by Gasteiger charge is 2.00. The molecule has 1 radical (unpaired) electrons. The van der Waals surface area contributed by atoms with Crippen molar-refractivity contribution in [1.82, 2.24) is 0 Å². The number of ether oxygens (including phenoxy) is 2. The average molecular weight is 179 g/mol. The summed E-state index contributed by atoms with van der Waals surface area (Å²) in [5.74, 6) is 1.69. The highest BCUT2D eigenvalue weighted by molar-refractivity contribution is 5.38. The molecule has 0 aliphatic rings. The van der Waals surface area contributed by atoms with Crippen LogP contribution in [0, 0.1) is 6.42 Å². The van der Waals surface area contributed by atoms with Gasteiger partial charge in [-0.2, -0.15) is 0 Å². The second-order valence-electron chi connectivity index (χ2n) is 2.83. The lowest BCUT2D eigenvalue weighted by Gasteiger charge is -2.07. The third kappa shape index (κ3) is 2.65. The summed E-state index contributed by atoms with van der Waals surface area (Å²) in [5.41, 5.74) is 1.21. The molecular weight excluding hydrogens is 164 g/mol. The van der Waals surface area contributed by atoms with Crippen molar-refractivity contribution in [2.75, 3.05) is 14.2 Å². The van der Waals surface area contributed by atoms with Gasteiger partial charge in [-0.25, -0.2) is 0 Å². The summed E-state index contributed by atoms with van der Waals surface area (Å²) in [6.45, 7) is 2.03. The van der Waals surface area contributed by atoms with E-state index in [0.29, 0.717) is 0 Å². The monoisotopic (exact) mass is 179 g/mol. The molecule has 0 aromatic heterocycles. The van der Waals surface area contributed by atoms with E-state index >= 15 is 0 Å². The molecule has 0 atom stereocenters. The summed E-state index contributed by atoms with van der Waals surface area (Å²) in [6, 6.07) is 5.91. The van der Waals surface area contributed by atoms with E-state index in [1.165, 1.54) is 5.56 Å². The molecule has 2 nitrogen and oxygen atoms in total. The fourth-order valence-electron chi connectivity index (χ4n) is 1.22. The Kier molecular flexibility index (Phi) is 3.62. The van der Waals surface area contributed by atoms with E-state index in [2.05, 4.69) is 6.42 Å². The molecule has 0 aliphatic heterocycles. The van der Waals surface area contributed by atoms with Crippen LogP contribution in [0.15, 0.2) is 18.2 Å². The van der Waals surface area contributed by atoms with Crippen molar-refractivity contribution in [1.29, 1.82) is 0 Å². The minimum atomic E-state index is 0.844. The minimum absolute atomic E-state index is 0.844. The first-order chi connectivity index (χ1) is 6.30. The highest BCUT2D eigenvalue weighted by Crippen LogP contribution is 2.22. The van der Waals surface area contributed by atoms with Crippen LogP contribution in [0.4, 0.5) is 0 Å². The van der Waals surface area contributed by atoms with Crippen LogP contribution in [-0.4, -0.2) is 14.2 Å². The fourth-order valence-corrected chi connectivity index (χ4v) is 1.22. The van der Waals surface area contributed by atoms with E-state index in [4.69, 9.17) is 9.47 Å². The van der Waals surface area contributed by atoms with Crippen LogP contribution in [0.5, 0.6) is 11.5 Å². The zero-order valence-electron chi connectivity index (χ0n) is 8.33. The second kappa shape index (κ2) is 4.75. The third-order valence-electron chi connectivity index (χ3n) is 1.85. The topological polar surface area (TPSA) is 18.5 Å². The number of rotatable bonds is 4. The molecule has 1 aromatic rings. The molecule has 1 aromatic carbocycles. The van der Waals surface area contributed by atoms with Crippen molar-refractivity contribution in [3.8, 4) is 11.5 Å². The SMILES string of the molecule is C[CH]Cc1cc(OC)cc(OC)c1. The standard InChI is InChI=1S/C11H15O2/c1-4-5-9-6-10(12-2)8-11(7-9)13-3/h4,6-8H,5H2,1-3H3. The summed E-state index contributed by atoms with van der Waals surface area (Å²) >= 11 is 0. The summed E-state index contributed by atoms with van der Waals surface area (Å²) in [7, 11) is 3.32. The maximum Gasteiger partial charge on any atom is 0.122 e. The number of benzene rings is 1. The second-order valence-corrected chi connectivity index (χ2v) is 2.83. The number of hydrogen-bond acceptors (Lipinski definition) is 2. The van der Waals surface area contributed by atoms with Crippen LogP contribution < -0.4 is 9.47 Å². The van der Waals surface area contributed by atoms with Crippen molar-refractivity contribution < 1.29 is 9.47 Å². The molecule has 2 heteroatoms. The molecule has 13 heavy (non-hydrogen) atoms. The van der Waals surface area contributed by atoms with Crippen molar-refractivity contribution in [3.05, 3.63) is 30.2 Å². The Morgan fingerprint density at radius 2 is 1.62 bits per heavy atom. The van der Waals surface area contributed by atoms with E-state index in [0.717, 1.165) is 17.9 Å². The van der Waals surface area contributed by atoms with Crippen molar-refractivity contribution in [3.63, 3.8) is 0 Å². The fraction of sp³-hybridized carbons (Fsp3) is 0.364. The van der Waals surface area contributed by atoms with Crippen LogP contribution in [-0.2, 0) is 6.42 Å². The van der Waals surface area contributed by atoms with Crippen molar-refractivity contribution in [2.45, 2.75) is 13.3 Å². The van der Waals surface area contributed by atoms with Crippen molar-refractivity contribution >= 4 is 0 Å². The predicted molar refractivity (Wildman–Crippen MR) is 53.2 cm³/mol. The molecule has 1 rings (SSSR count). The molecule has 0 amide bonds. The Morgan fingerprint density at radius 1 is 1.08 bits per heavy atom. The third-order valence-corrected chi connectivity index (χ3v) is 1.85. The molecule has 0 N–H and O–H groups in total. The van der Waals surface area contributed by atoms with E-state index in [9.17, 15) is 0 Å². The Balaban J connectivity index is 2.93. The van der Waals surface area contributed by atoms with E-state index in [-0.39, 0.29) is 0 Å². The zero-order chi connectivity index (χ0) is 9.68. The Hall–Kier alpha value is -1.18. The van der Waals surface area contributed by atoms with Gasteiger partial charge >= 0.3 is 0 Å². The number of hydrogen-bond donors (Lipinski definition) is 0. The molecule has 0 saturated carbocycles. The Labute approximate surface area is 79.5 Å². The van der Waals surface area contributed by atoms with Gasteiger partial charge in [0.2, 0.25) is 0 Å². The highest BCUT2D eigenvalue weighted by atomic mass is 16.5. The van der Waals surface area contributed by atoms with Crippen LogP contribution >= 0.6 is 0 Å². The van der Waals surface area contributed by atoms with Gasteiger partial charge in [-0.15, -0.1) is 0 Å². The molecule has 0 bridgehead atoms. The van der Waals surface area contributed by atoms with Crippen LogP contribution in [0.25, 0.3) is 0 Å². The zero-order valence-corrected chi connectivity index (χ0v) is 8.33. The van der Waals surface area contributed by atoms with E-state index in [1.807, 2.05) is 25.1 Å². The molecule has 0 fully saturated rings. The lowest BCUT2D eigenvalue weighted by atomic mass is 10.1. The van der Waals surface area contributed by atoms with Gasteiger partial charge in [0.1, 0.15) is 11.5 Å². The minimum Gasteiger partial charge on any atom is -0.497 e. The molecule has 71 valence electrons. The maximum absolute atomic E-state index is 5.15. The van der Waals surface area contributed by atoms with E-state index < -0.39 is 0 Å². The maximum atomic E-state index is 5.15. The molecule has 0 aliphatic carbocycles. The van der Waals surface area contributed by atoms with Gasteiger partial charge in [-0.1, -0.05) is 6.92 Å². The summed E-state index contributed by atoms with van der Waals surface area (Å²) < 4.78 is 10.3. The van der Waals surface area contributed by atoms with Crippen LogP contribution in [0.1, 0.15) is 12.5 Å². The average Bonchev–Trinajstić information content (AvgIpc) is 2.17. The van der Waals surface area contributed by atoms with Gasteiger partial charge in [0.05, 0.1) is 14.2 Å². The van der Waals surface area contributed by atoms with Gasteiger partial charge in [-0.05, 0) is 30.5 Å². The first-order valence-electron chi connectivity index (χ1n) is 4.30. The van der Waals surface area contributed by atoms with Crippen molar-refractivity contribution in [2.24, 2.45) is 0 Å². The largest absolute Gasteiger partial charge is 0.497 e. The molecule has 0 unspecified atom stereocenters. The van der Waals surface area contributed by atoms with Gasteiger partial charge in [-0.3, -0.25) is 0 Å². The summed E-state index contributed by atoms with van der Waals surface area (Å²) in [5, 5.41) is 0. The normalized spacial score (nSPS) is 9.77. The molecule has 0 saturated heterocycles. The van der Waals surface area contributed by atoms with Gasteiger partial charge < -0.3 is 9.47 Å². The Bertz CT molecular complexity index is 247. The van der Waals surface area contributed by atoms with Crippen LogP contribution in [0.2, 0.25) is 0 Å². The summed E-state index contributed by atoms with van der Waals surface area (Å²) in [4.78, 5) is 0. The first-order valence-corrected chi connectivity index (χ1v) is 4.30. The lowest BCUT2D eigenvalue weighted by molar-refractivity contribution is 0.393. The smallest absolute Gasteiger partial charge is 0.122 e. The summed E-state index contributed by atoms with van der Waals surface area (Å²) in [6.07, 6.45) is 3.04. The van der Waals surface area contributed by atoms with Gasteiger partial charge in [0, 0.05) is 6.07 Å².